The minimum atomic E-state index is -1.11. The van der Waals surface area contributed by atoms with Gasteiger partial charge in [0.05, 0.1) is 0 Å². The van der Waals surface area contributed by atoms with Gasteiger partial charge >= 0.3 is 5.97 Å². The SMILES string of the molecule is CC(c1ccccc1)c1ccc(C(C)c2ccccc2)c(C(=O)O)c1O.[Zn]. The molecular formula is C23H22O3Zn. The zero-order chi connectivity index (χ0) is 18.7. The van der Waals surface area contributed by atoms with Crippen molar-refractivity contribution in [1.29, 1.82) is 0 Å². The molecule has 2 atom stereocenters. The molecule has 3 aromatic carbocycles. The number of carboxylic acids is 1. The average molecular weight is 412 g/mol. The van der Waals surface area contributed by atoms with Crippen molar-refractivity contribution in [1.82, 2.24) is 0 Å². The standard InChI is InChI=1S/C23H22O3.Zn/c1-15(17-9-5-3-6-10-17)19-13-14-20(22(24)21(19)23(25)26)16(2)18-11-7-4-8-12-18;/h3-16,24H,1-2H3,(H,25,26);. The summed E-state index contributed by atoms with van der Waals surface area (Å²) in [6.45, 7) is 3.92. The number of carbonyl (C=O) groups is 1. The first kappa shape index (κ1) is 20.9. The first-order chi connectivity index (χ1) is 12.5. The molecular weight excluding hydrogens is 390 g/mol. The summed E-state index contributed by atoms with van der Waals surface area (Å²) >= 11 is 0. The third-order valence-electron chi connectivity index (χ3n) is 4.99. The summed E-state index contributed by atoms with van der Waals surface area (Å²) in [6.07, 6.45) is 0. The van der Waals surface area contributed by atoms with Crippen LogP contribution in [-0.4, -0.2) is 16.2 Å². The molecule has 0 radical (unpaired) electrons. The van der Waals surface area contributed by atoms with E-state index in [1.165, 1.54) is 0 Å². The predicted molar refractivity (Wildman–Crippen MR) is 103 cm³/mol. The molecule has 3 aromatic rings. The van der Waals surface area contributed by atoms with Crippen LogP contribution in [0.1, 0.15) is 58.3 Å². The first-order valence-electron chi connectivity index (χ1n) is 8.69. The van der Waals surface area contributed by atoms with Crippen molar-refractivity contribution in [3.05, 3.63) is 101 Å². The Morgan fingerprint density at radius 2 is 1.15 bits per heavy atom. The van der Waals surface area contributed by atoms with Crippen molar-refractivity contribution in [2.24, 2.45) is 0 Å². The van der Waals surface area contributed by atoms with Crippen LogP contribution < -0.4 is 0 Å². The molecule has 27 heavy (non-hydrogen) atoms. The molecule has 0 fully saturated rings. The van der Waals surface area contributed by atoms with E-state index >= 15 is 0 Å². The summed E-state index contributed by atoms with van der Waals surface area (Å²) in [5, 5.41) is 20.5. The molecule has 0 bridgehead atoms. The smallest absolute Gasteiger partial charge is 0.339 e. The van der Waals surface area contributed by atoms with Gasteiger partial charge in [0.1, 0.15) is 11.3 Å². The van der Waals surface area contributed by atoms with Crippen molar-refractivity contribution in [2.45, 2.75) is 25.7 Å². The third kappa shape index (κ3) is 4.28. The Bertz CT molecular complexity index is 908. The predicted octanol–water partition coefficient (Wildman–Crippen LogP) is 5.39. The fourth-order valence-corrected chi connectivity index (χ4v) is 3.40. The topological polar surface area (TPSA) is 57.5 Å². The number of hydrogen-bond donors (Lipinski definition) is 2. The third-order valence-corrected chi connectivity index (χ3v) is 4.99. The Morgan fingerprint density at radius 3 is 1.59 bits per heavy atom. The summed E-state index contributed by atoms with van der Waals surface area (Å²) in [7, 11) is 0. The molecule has 2 unspecified atom stereocenters. The Balaban J connectivity index is 0.00000261. The number of rotatable bonds is 5. The van der Waals surface area contributed by atoms with E-state index in [1.807, 2.05) is 86.6 Å². The van der Waals surface area contributed by atoms with Crippen LogP contribution in [0, 0.1) is 0 Å². The van der Waals surface area contributed by atoms with Crippen LogP contribution in [0.25, 0.3) is 0 Å². The van der Waals surface area contributed by atoms with Crippen molar-refractivity contribution in [3.8, 4) is 5.75 Å². The van der Waals surface area contributed by atoms with Gasteiger partial charge in [0.25, 0.3) is 0 Å². The van der Waals surface area contributed by atoms with Gasteiger partial charge in [0.2, 0.25) is 0 Å². The zero-order valence-corrected chi connectivity index (χ0v) is 18.6. The minimum Gasteiger partial charge on any atom is -0.507 e. The number of hydrogen-bond acceptors (Lipinski definition) is 2. The van der Waals surface area contributed by atoms with Gasteiger partial charge in [-0.2, -0.15) is 0 Å². The fraction of sp³-hybridized carbons (Fsp3) is 0.174. The molecule has 0 saturated carbocycles. The molecule has 4 heteroatoms. The quantitative estimate of drug-likeness (QED) is 0.553. The molecule has 134 valence electrons. The maximum absolute atomic E-state index is 11.9. The van der Waals surface area contributed by atoms with Gasteiger partial charge in [0.15, 0.2) is 0 Å². The van der Waals surface area contributed by atoms with E-state index in [-0.39, 0.29) is 42.6 Å². The summed E-state index contributed by atoms with van der Waals surface area (Å²) in [6, 6.07) is 23.1. The van der Waals surface area contributed by atoms with E-state index in [1.54, 1.807) is 0 Å². The first-order valence-corrected chi connectivity index (χ1v) is 8.69. The Hall–Kier alpha value is -2.45. The summed E-state index contributed by atoms with van der Waals surface area (Å²) in [5.41, 5.74) is 3.27. The van der Waals surface area contributed by atoms with Crippen molar-refractivity contribution >= 4 is 5.97 Å². The maximum atomic E-state index is 11.9. The Morgan fingerprint density at radius 1 is 0.741 bits per heavy atom. The monoisotopic (exact) mass is 410 g/mol. The molecule has 0 aliphatic rings. The van der Waals surface area contributed by atoms with Gasteiger partial charge in [-0.3, -0.25) is 0 Å². The van der Waals surface area contributed by atoms with E-state index in [9.17, 15) is 15.0 Å². The minimum absolute atomic E-state index is 0. The molecule has 0 aromatic heterocycles. The van der Waals surface area contributed by atoms with E-state index in [0.717, 1.165) is 11.1 Å². The molecule has 2 N–H and O–H groups in total. The van der Waals surface area contributed by atoms with Gasteiger partial charge in [0, 0.05) is 36.9 Å². The molecule has 0 aliphatic carbocycles. The summed E-state index contributed by atoms with van der Waals surface area (Å²) in [4.78, 5) is 11.9. The van der Waals surface area contributed by atoms with Gasteiger partial charge in [-0.05, 0) is 16.7 Å². The average Bonchev–Trinajstić information content (AvgIpc) is 2.67. The van der Waals surface area contributed by atoms with Crippen molar-refractivity contribution < 1.29 is 34.5 Å². The summed E-state index contributed by atoms with van der Waals surface area (Å²) < 4.78 is 0. The van der Waals surface area contributed by atoms with E-state index < -0.39 is 5.97 Å². The molecule has 3 nitrogen and oxygen atoms in total. The van der Waals surface area contributed by atoms with Crippen LogP contribution in [0.4, 0.5) is 0 Å². The largest absolute Gasteiger partial charge is 0.507 e. The van der Waals surface area contributed by atoms with Crippen LogP contribution in [0.5, 0.6) is 5.75 Å². The van der Waals surface area contributed by atoms with Crippen LogP contribution in [0.15, 0.2) is 72.8 Å². The molecule has 0 aliphatic heterocycles. The Kier molecular flexibility index (Phi) is 6.93. The number of carboxylic acid groups (broad SMARTS) is 1. The van der Waals surface area contributed by atoms with E-state index in [2.05, 4.69) is 0 Å². The number of aromatic carboxylic acids is 1. The molecule has 0 amide bonds. The normalized spacial score (nSPS) is 12.7. The van der Waals surface area contributed by atoms with Gasteiger partial charge < -0.3 is 10.2 Å². The number of aromatic hydroxyl groups is 1. The van der Waals surface area contributed by atoms with Gasteiger partial charge in [-0.15, -0.1) is 0 Å². The molecule has 0 spiro atoms. The van der Waals surface area contributed by atoms with Crippen LogP contribution in [0.3, 0.4) is 0 Å². The van der Waals surface area contributed by atoms with E-state index in [4.69, 9.17) is 0 Å². The molecule has 0 saturated heterocycles. The fourth-order valence-electron chi connectivity index (χ4n) is 3.40. The second-order valence-electron chi connectivity index (χ2n) is 6.54. The molecule has 3 rings (SSSR count). The zero-order valence-electron chi connectivity index (χ0n) is 15.6. The van der Waals surface area contributed by atoms with Crippen LogP contribution in [0.2, 0.25) is 0 Å². The van der Waals surface area contributed by atoms with Crippen molar-refractivity contribution in [3.63, 3.8) is 0 Å². The Labute approximate surface area is 172 Å². The second kappa shape index (κ2) is 8.97. The van der Waals surface area contributed by atoms with E-state index in [0.29, 0.717) is 11.1 Å². The van der Waals surface area contributed by atoms with Crippen LogP contribution in [-0.2, 0) is 19.5 Å². The summed E-state index contributed by atoms with van der Waals surface area (Å²) in [5.74, 6) is -1.49. The van der Waals surface area contributed by atoms with Crippen LogP contribution >= 0.6 is 0 Å². The van der Waals surface area contributed by atoms with Gasteiger partial charge in [-0.1, -0.05) is 86.6 Å². The maximum Gasteiger partial charge on any atom is 0.339 e. The number of benzene rings is 3. The molecule has 0 heterocycles. The van der Waals surface area contributed by atoms with Crippen molar-refractivity contribution in [2.75, 3.05) is 0 Å². The number of phenols is 1. The van der Waals surface area contributed by atoms with Gasteiger partial charge in [-0.25, -0.2) is 4.79 Å². The second-order valence-corrected chi connectivity index (χ2v) is 6.54.